The summed E-state index contributed by atoms with van der Waals surface area (Å²) in [5.74, 6) is 1.32. The second-order valence-electron chi connectivity index (χ2n) is 7.31. The maximum absolute atomic E-state index is 13.1. The van der Waals surface area contributed by atoms with E-state index < -0.39 is 5.60 Å². The molecule has 2 heterocycles. The molecule has 2 fully saturated rings. The number of aliphatic hydroxyl groups excluding tert-OH is 1. The lowest BCUT2D eigenvalue weighted by atomic mass is 9.58. The molecule has 0 radical (unpaired) electrons. The molecule has 25 heavy (non-hydrogen) atoms. The minimum absolute atomic E-state index is 0.0450. The van der Waals surface area contributed by atoms with E-state index in [9.17, 15) is 9.90 Å². The third-order valence-electron chi connectivity index (χ3n) is 6.08. The van der Waals surface area contributed by atoms with Crippen molar-refractivity contribution in [1.29, 1.82) is 0 Å². The van der Waals surface area contributed by atoms with Crippen molar-refractivity contribution in [3.63, 3.8) is 0 Å². The number of Topliss-reactive ketones (excluding diaryl/α,β-unsaturated/α-hetero) is 1. The van der Waals surface area contributed by atoms with Gasteiger partial charge in [0.15, 0.2) is 5.78 Å². The third kappa shape index (κ3) is 2.07. The van der Waals surface area contributed by atoms with E-state index in [1.165, 1.54) is 4.88 Å². The van der Waals surface area contributed by atoms with Crippen molar-refractivity contribution in [3.8, 4) is 5.75 Å². The number of para-hydroxylation sites is 1. The Balaban J connectivity index is 1.71. The molecule has 1 N–H and O–H groups in total. The predicted octanol–water partition coefficient (Wildman–Crippen LogP) is 5.10. The summed E-state index contributed by atoms with van der Waals surface area (Å²) in [4.78, 5) is 14.4. The van der Waals surface area contributed by atoms with Crippen LogP contribution in [0.4, 0.5) is 0 Å². The van der Waals surface area contributed by atoms with Crippen LogP contribution in [0.1, 0.15) is 48.5 Å². The van der Waals surface area contributed by atoms with Crippen molar-refractivity contribution in [3.05, 3.63) is 57.8 Å². The van der Waals surface area contributed by atoms with Crippen LogP contribution in [-0.2, 0) is 4.79 Å². The summed E-state index contributed by atoms with van der Waals surface area (Å²) in [6, 6.07) is 11.7. The number of fused-ring (bicyclic) bond motifs is 1. The first kappa shape index (κ1) is 15.2. The van der Waals surface area contributed by atoms with Gasteiger partial charge in [-0.1, -0.05) is 24.6 Å². The van der Waals surface area contributed by atoms with Crippen molar-refractivity contribution in [2.45, 2.75) is 43.6 Å². The first-order chi connectivity index (χ1) is 12.2. The van der Waals surface area contributed by atoms with Crippen LogP contribution in [0.3, 0.4) is 0 Å². The Labute approximate surface area is 151 Å². The van der Waals surface area contributed by atoms with E-state index in [1.54, 1.807) is 11.3 Å². The van der Waals surface area contributed by atoms with E-state index in [-0.39, 0.29) is 23.4 Å². The lowest BCUT2D eigenvalue weighted by Gasteiger charge is -2.52. The van der Waals surface area contributed by atoms with Gasteiger partial charge >= 0.3 is 0 Å². The molecule has 128 valence electrons. The summed E-state index contributed by atoms with van der Waals surface area (Å²) in [5, 5.41) is 13.0. The molecule has 0 saturated heterocycles. The summed E-state index contributed by atoms with van der Waals surface area (Å²) < 4.78 is 6.56. The number of ketones is 1. The highest BCUT2D eigenvalue weighted by atomic mass is 32.1. The summed E-state index contributed by atoms with van der Waals surface area (Å²) in [7, 11) is 0. The summed E-state index contributed by atoms with van der Waals surface area (Å²) in [6.45, 7) is 0. The Hall–Kier alpha value is -2.07. The molecule has 3 nitrogen and oxygen atoms in total. The number of rotatable bonds is 1. The van der Waals surface area contributed by atoms with Gasteiger partial charge in [0.25, 0.3) is 0 Å². The maximum Gasteiger partial charge on any atom is 0.167 e. The normalized spacial score (nSPS) is 31.0. The second kappa shape index (κ2) is 5.46. The Morgan fingerprint density at radius 1 is 1.16 bits per heavy atom. The van der Waals surface area contributed by atoms with E-state index in [4.69, 9.17) is 4.74 Å². The lowest BCUT2D eigenvalue weighted by molar-refractivity contribution is -0.125. The first-order valence-corrected chi connectivity index (χ1v) is 9.87. The molecule has 2 saturated carbocycles. The van der Waals surface area contributed by atoms with Crippen molar-refractivity contribution in [1.82, 2.24) is 0 Å². The monoisotopic (exact) mass is 352 g/mol. The molecule has 1 spiro atoms. The van der Waals surface area contributed by atoms with Crippen LogP contribution >= 0.6 is 11.3 Å². The lowest BCUT2D eigenvalue weighted by Crippen LogP contribution is -2.56. The molecule has 3 aliphatic rings. The van der Waals surface area contributed by atoms with Crippen molar-refractivity contribution >= 4 is 22.9 Å². The van der Waals surface area contributed by atoms with Crippen LogP contribution in [0.15, 0.2) is 47.4 Å². The van der Waals surface area contributed by atoms with Gasteiger partial charge < -0.3 is 9.84 Å². The maximum atomic E-state index is 13.1. The van der Waals surface area contributed by atoms with Crippen LogP contribution in [0.25, 0.3) is 5.76 Å². The molecular weight excluding hydrogens is 332 g/mol. The number of hydrogen-bond donors (Lipinski definition) is 1. The van der Waals surface area contributed by atoms with Gasteiger partial charge in [-0.2, -0.15) is 0 Å². The zero-order valence-corrected chi connectivity index (χ0v) is 14.7. The fraction of sp³-hybridized carbons (Fsp3) is 0.381. The Kier molecular flexibility index (Phi) is 3.32. The van der Waals surface area contributed by atoms with Crippen LogP contribution in [0.5, 0.6) is 5.75 Å². The van der Waals surface area contributed by atoms with E-state index in [0.717, 1.165) is 25.7 Å². The van der Waals surface area contributed by atoms with Crippen molar-refractivity contribution in [2.24, 2.45) is 5.92 Å². The van der Waals surface area contributed by atoms with Gasteiger partial charge in [0, 0.05) is 23.1 Å². The van der Waals surface area contributed by atoms with Crippen LogP contribution in [0.2, 0.25) is 0 Å². The van der Waals surface area contributed by atoms with Crippen molar-refractivity contribution < 1.29 is 14.6 Å². The predicted molar refractivity (Wildman–Crippen MR) is 98.0 cm³/mol. The molecule has 0 unspecified atom stereocenters. The third-order valence-corrected chi connectivity index (χ3v) is 7.09. The number of thiophene rings is 1. The molecule has 3 atom stereocenters. The first-order valence-electron chi connectivity index (χ1n) is 8.99. The SMILES string of the molecule is O=C1C[C@H](c2cccs2)[C@H]2CCCC[C@]23Oc2ccccc2C(O)=C13. The van der Waals surface area contributed by atoms with E-state index >= 15 is 0 Å². The summed E-state index contributed by atoms with van der Waals surface area (Å²) in [5.41, 5.74) is 0.514. The smallest absolute Gasteiger partial charge is 0.167 e. The number of ether oxygens (including phenoxy) is 1. The highest BCUT2D eigenvalue weighted by Gasteiger charge is 2.58. The fourth-order valence-electron chi connectivity index (χ4n) is 5.08. The average molecular weight is 352 g/mol. The zero-order chi connectivity index (χ0) is 17.0. The minimum atomic E-state index is -0.666. The molecule has 1 aliphatic heterocycles. The number of aliphatic hydroxyl groups is 1. The summed E-state index contributed by atoms with van der Waals surface area (Å²) in [6.07, 6.45) is 4.49. The van der Waals surface area contributed by atoms with Gasteiger partial charge in [-0.25, -0.2) is 0 Å². The minimum Gasteiger partial charge on any atom is -0.507 e. The van der Waals surface area contributed by atoms with E-state index in [2.05, 4.69) is 17.5 Å². The molecule has 2 aromatic rings. The molecule has 2 aliphatic carbocycles. The standard InChI is InChI=1S/C21H20O3S/c22-16-12-14(18-9-5-11-25-18)15-7-3-4-10-21(15)19(16)20(23)13-6-1-2-8-17(13)24-21/h1-2,5-6,8-9,11,14-15,23H,3-4,7,10,12H2/t14-,15+,21-/m0/s1. The molecule has 0 amide bonds. The van der Waals surface area contributed by atoms with Crippen LogP contribution < -0.4 is 4.74 Å². The Morgan fingerprint density at radius 3 is 2.88 bits per heavy atom. The zero-order valence-electron chi connectivity index (χ0n) is 13.9. The van der Waals surface area contributed by atoms with Crippen LogP contribution in [-0.4, -0.2) is 16.5 Å². The topological polar surface area (TPSA) is 46.5 Å². The number of hydrogen-bond acceptors (Lipinski definition) is 4. The summed E-state index contributed by atoms with van der Waals surface area (Å²) >= 11 is 1.72. The van der Waals surface area contributed by atoms with Gasteiger partial charge in [0.1, 0.15) is 17.1 Å². The number of carbonyl (C=O) groups excluding carboxylic acids is 1. The molecule has 5 rings (SSSR count). The van der Waals surface area contributed by atoms with E-state index in [0.29, 0.717) is 23.3 Å². The van der Waals surface area contributed by atoms with Gasteiger partial charge in [-0.15, -0.1) is 11.3 Å². The molecule has 1 aromatic heterocycles. The number of carbonyl (C=O) groups is 1. The molecule has 4 heteroatoms. The second-order valence-corrected chi connectivity index (χ2v) is 8.29. The fourth-order valence-corrected chi connectivity index (χ4v) is 5.97. The van der Waals surface area contributed by atoms with Gasteiger partial charge in [0.2, 0.25) is 0 Å². The van der Waals surface area contributed by atoms with Gasteiger partial charge in [-0.3, -0.25) is 4.79 Å². The molecule has 1 aromatic carbocycles. The van der Waals surface area contributed by atoms with Gasteiger partial charge in [0.05, 0.1) is 11.1 Å². The van der Waals surface area contributed by atoms with Crippen LogP contribution in [0, 0.1) is 5.92 Å². The quantitative estimate of drug-likeness (QED) is 0.777. The Morgan fingerprint density at radius 2 is 2.04 bits per heavy atom. The average Bonchev–Trinajstić information content (AvgIpc) is 3.15. The molecular formula is C21H20O3S. The Bertz CT molecular complexity index is 867. The number of benzene rings is 1. The highest BCUT2D eigenvalue weighted by Crippen LogP contribution is 2.57. The largest absolute Gasteiger partial charge is 0.507 e. The van der Waals surface area contributed by atoms with Crippen molar-refractivity contribution in [2.75, 3.05) is 0 Å². The van der Waals surface area contributed by atoms with E-state index in [1.807, 2.05) is 24.3 Å². The molecule has 0 bridgehead atoms. The highest BCUT2D eigenvalue weighted by molar-refractivity contribution is 7.10. The van der Waals surface area contributed by atoms with Gasteiger partial charge in [-0.05, 0) is 42.8 Å².